The molecule has 168 valence electrons. The average molecular weight is 419 g/mol. The van der Waals surface area contributed by atoms with Gasteiger partial charge in [-0.25, -0.2) is 0 Å². The minimum atomic E-state index is -0.523. The van der Waals surface area contributed by atoms with E-state index in [1.165, 1.54) is 5.56 Å². The highest BCUT2D eigenvalue weighted by Gasteiger charge is 2.48. The Kier molecular flexibility index (Phi) is 11.8. The molecule has 2 aromatic rings. The molecule has 2 aliphatic heterocycles. The van der Waals surface area contributed by atoms with Gasteiger partial charge in [0.15, 0.2) is 12.1 Å². The zero-order valence-electron chi connectivity index (χ0n) is 17.9. The summed E-state index contributed by atoms with van der Waals surface area (Å²) in [5.74, 6) is -0.523. The molecule has 30 heavy (non-hydrogen) atoms. The van der Waals surface area contributed by atoms with Crippen LogP contribution in [0.2, 0.25) is 0 Å². The molecule has 2 aliphatic rings. The van der Waals surface area contributed by atoms with Crippen LogP contribution in [-0.2, 0) is 32.2 Å². The average Bonchev–Trinajstić information content (AvgIpc) is 3.24. The first kappa shape index (κ1) is 26.3. The minimum Gasteiger partial charge on any atom is -0.392 e. The van der Waals surface area contributed by atoms with Crippen molar-refractivity contribution in [2.24, 2.45) is 0 Å². The first-order valence-corrected chi connectivity index (χ1v) is 10.3. The molecular formula is C25H38O5. The number of benzene rings is 2. The summed E-state index contributed by atoms with van der Waals surface area (Å²) < 4.78 is 22.9. The van der Waals surface area contributed by atoms with Crippen molar-refractivity contribution < 1.29 is 24.1 Å². The lowest BCUT2D eigenvalue weighted by atomic mass is 10.2. The molecule has 0 spiro atoms. The number of fused-ring (bicyclic) bond motifs is 1. The maximum absolute atomic E-state index is 8.54. The predicted molar refractivity (Wildman–Crippen MR) is 120 cm³/mol. The van der Waals surface area contributed by atoms with Crippen molar-refractivity contribution >= 4 is 0 Å². The lowest BCUT2D eigenvalue weighted by molar-refractivity contribution is -0.209. The van der Waals surface area contributed by atoms with Gasteiger partial charge in [0.05, 0.1) is 25.9 Å². The monoisotopic (exact) mass is 418 g/mol. The van der Waals surface area contributed by atoms with E-state index in [1.54, 1.807) is 0 Å². The fraction of sp³-hybridized carbons (Fsp3) is 0.520. The van der Waals surface area contributed by atoms with Crippen LogP contribution in [-0.4, -0.2) is 36.0 Å². The van der Waals surface area contributed by atoms with Crippen LogP contribution in [0, 0.1) is 0 Å². The van der Waals surface area contributed by atoms with Gasteiger partial charge in [-0.3, -0.25) is 0 Å². The highest BCUT2D eigenvalue weighted by Crippen LogP contribution is 2.37. The second-order valence-corrected chi connectivity index (χ2v) is 7.18. The second-order valence-electron chi connectivity index (χ2n) is 7.18. The van der Waals surface area contributed by atoms with E-state index in [0.717, 1.165) is 12.0 Å². The molecule has 5 nitrogen and oxygen atoms in total. The van der Waals surface area contributed by atoms with Crippen LogP contribution in [0.3, 0.4) is 0 Å². The standard InChI is InChI=1S/C15H20O4.C7H8O.C2H6.CH4/c1-15(2)18-13-8-12(17-14(13)19-15)10-16-9-11-6-4-3-5-7-11;8-6-7-4-2-1-3-5-7;1-2;/h3-7,12-14H,8-10H2,1-2H3;1-5,8H,6H2;1-2H3;1H4. The Bertz CT molecular complexity index is 658. The number of ether oxygens (including phenoxy) is 4. The van der Waals surface area contributed by atoms with Crippen LogP contribution >= 0.6 is 0 Å². The van der Waals surface area contributed by atoms with Gasteiger partial charge in [-0.1, -0.05) is 81.9 Å². The maximum Gasteiger partial charge on any atom is 0.187 e. The topological polar surface area (TPSA) is 57.2 Å². The molecule has 0 radical (unpaired) electrons. The second kappa shape index (κ2) is 13.5. The lowest BCUT2D eigenvalue weighted by Gasteiger charge is -2.20. The highest BCUT2D eigenvalue weighted by molar-refractivity contribution is 5.13. The van der Waals surface area contributed by atoms with E-state index < -0.39 is 5.79 Å². The number of aliphatic hydroxyl groups is 1. The van der Waals surface area contributed by atoms with Crippen LogP contribution < -0.4 is 0 Å². The molecule has 0 aromatic heterocycles. The highest BCUT2D eigenvalue weighted by atomic mass is 16.8. The molecule has 2 aromatic carbocycles. The van der Waals surface area contributed by atoms with Crippen LogP contribution in [0.1, 0.15) is 52.7 Å². The Morgan fingerprint density at radius 3 is 2.00 bits per heavy atom. The molecule has 4 rings (SSSR count). The summed E-state index contributed by atoms with van der Waals surface area (Å²) in [6.07, 6.45) is 0.707. The Morgan fingerprint density at radius 1 is 0.933 bits per heavy atom. The first-order valence-electron chi connectivity index (χ1n) is 10.3. The third-order valence-electron chi connectivity index (χ3n) is 4.40. The quantitative estimate of drug-likeness (QED) is 0.713. The van der Waals surface area contributed by atoms with E-state index in [2.05, 4.69) is 12.1 Å². The first-order chi connectivity index (χ1) is 14.1. The molecule has 0 saturated carbocycles. The smallest absolute Gasteiger partial charge is 0.187 e. The fourth-order valence-corrected chi connectivity index (χ4v) is 3.16. The number of hydrogen-bond donors (Lipinski definition) is 1. The van der Waals surface area contributed by atoms with Gasteiger partial charge in [0.2, 0.25) is 0 Å². The van der Waals surface area contributed by atoms with Gasteiger partial charge < -0.3 is 24.1 Å². The summed E-state index contributed by atoms with van der Waals surface area (Å²) in [7, 11) is 0. The fourth-order valence-electron chi connectivity index (χ4n) is 3.16. The molecule has 2 saturated heterocycles. The molecule has 5 heteroatoms. The molecule has 3 unspecified atom stereocenters. The van der Waals surface area contributed by atoms with E-state index in [4.69, 9.17) is 24.1 Å². The number of rotatable bonds is 5. The Hall–Kier alpha value is -1.76. The van der Waals surface area contributed by atoms with Gasteiger partial charge in [-0.05, 0) is 25.0 Å². The SMILES string of the molecule is C.CC.CC1(C)OC2CC(COCc3ccccc3)OC2O1.OCc1ccccc1. The Labute approximate surface area is 181 Å². The molecule has 2 fully saturated rings. The summed E-state index contributed by atoms with van der Waals surface area (Å²) in [5, 5.41) is 8.54. The zero-order valence-corrected chi connectivity index (χ0v) is 17.9. The van der Waals surface area contributed by atoms with Gasteiger partial charge in [0, 0.05) is 6.42 Å². The maximum atomic E-state index is 8.54. The van der Waals surface area contributed by atoms with Crippen molar-refractivity contribution in [1.82, 2.24) is 0 Å². The van der Waals surface area contributed by atoms with E-state index in [0.29, 0.717) is 13.2 Å². The van der Waals surface area contributed by atoms with Crippen molar-refractivity contribution in [2.75, 3.05) is 6.61 Å². The Morgan fingerprint density at radius 2 is 1.50 bits per heavy atom. The molecule has 2 heterocycles. The summed E-state index contributed by atoms with van der Waals surface area (Å²) >= 11 is 0. The molecule has 0 aliphatic carbocycles. The van der Waals surface area contributed by atoms with Crippen molar-refractivity contribution in [2.45, 2.75) is 79.0 Å². The molecular weight excluding hydrogens is 380 g/mol. The van der Waals surface area contributed by atoms with Gasteiger partial charge in [0.25, 0.3) is 0 Å². The normalized spacial score (nSPS) is 23.2. The van der Waals surface area contributed by atoms with E-state index in [1.807, 2.05) is 76.2 Å². The van der Waals surface area contributed by atoms with E-state index in [-0.39, 0.29) is 32.5 Å². The molecule has 3 atom stereocenters. The van der Waals surface area contributed by atoms with Crippen molar-refractivity contribution in [1.29, 1.82) is 0 Å². The van der Waals surface area contributed by atoms with Crippen molar-refractivity contribution in [3.8, 4) is 0 Å². The van der Waals surface area contributed by atoms with Gasteiger partial charge >= 0.3 is 0 Å². The lowest BCUT2D eigenvalue weighted by Crippen LogP contribution is -2.26. The summed E-state index contributed by atoms with van der Waals surface area (Å²) in [4.78, 5) is 0. The van der Waals surface area contributed by atoms with Crippen molar-refractivity contribution in [3.05, 3.63) is 71.8 Å². The summed E-state index contributed by atoms with van der Waals surface area (Å²) in [6, 6.07) is 19.7. The largest absolute Gasteiger partial charge is 0.392 e. The van der Waals surface area contributed by atoms with E-state index >= 15 is 0 Å². The summed E-state index contributed by atoms with van der Waals surface area (Å²) in [6.45, 7) is 9.16. The third kappa shape index (κ3) is 8.54. The van der Waals surface area contributed by atoms with Crippen LogP contribution in [0.15, 0.2) is 60.7 Å². The van der Waals surface area contributed by atoms with Crippen molar-refractivity contribution in [3.63, 3.8) is 0 Å². The van der Waals surface area contributed by atoms with Crippen LogP contribution in [0.25, 0.3) is 0 Å². The minimum absolute atomic E-state index is 0. The van der Waals surface area contributed by atoms with Crippen LogP contribution in [0.5, 0.6) is 0 Å². The number of aliphatic hydroxyl groups excluding tert-OH is 1. The molecule has 0 bridgehead atoms. The number of hydrogen-bond acceptors (Lipinski definition) is 5. The Balaban J connectivity index is 0.000000346. The summed E-state index contributed by atoms with van der Waals surface area (Å²) in [5.41, 5.74) is 2.14. The van der Waals surface area contributed by atoms with Gasteiger partial charge in [-0.15, -0.1) is 0 Å². The predicted octanol–water partition coefficient (Wildman–Crippen LogP) is 5.31. The van der Waals surface area contributed by atoms with Gasteiger partial charge in [0.1, 0.15) is 6.10 Å². The molecule has 0 amide bonds. The van der Waals surface area contributed by atoms with E-state index in [9.17, 15) is 0 Å². The van der Waals surface area contributed by atoms with Crippen LogP contribution in [0.4, 0.5) is 0 Å². The zero-order chi connectivity index (χ0) is 21.1. The molecule has 1 N–H and O–H groups in total. The van der Waals surface area contributed by atoms with Gasteiger partial charge in [-0.2, -0.15) is 0 Å². The third-order valence-corrected chi connectivity index (χ3v) is 4.40.